The number of esters is 1. The predicted molar refractivity (Wildman–Crippen MR) is 91.5 cm³/mol. The topological polar surface area (TPSA) is 26.3 Å². The molecule has 21 heavy (non-hydrogen) atoms. The van der Waals surface area contributed by atoms with Gasteiger partial charge in [-0.3, -0.25) is 4.79 Å². The van der Waals surface area contributed by atoms with Crippen LogP contribution in [-0.4, -0.2) is 12.6 Å². The number of rotatable bonds is 14. The number of carbonyl (C=O) groups excluding carboxylic acids is 1. The third kappa shape index (κ3) is 8.48. The third-order valence-electron chi connectivity index (χ3n) is 4.82. The van der Waals surface area contributed by atoms with Crippen molar-refractivity contribution in [1.82, 2.24) is 0 Å². The molecule has 126 valence electrons. The maximum atomic E-state index is 12.2. The number of hydrogen-bond donors (Lipinski definition) is 0. The first-order valence-electron chi connectivity index (χ1n) is 9.34. The summed E-state index contributed by atoms with van der Waals surface area (Å²) >= 11 is 0. The molecule has 2 nitrogen and oxygen atoms in total. The van der Waals surface area contributed by atoms with Crippen molar-refractivity contribution in [2.75, 3.05) is 6.61 Å². The minimum atomic E-state index is -0.225. The Bertz CT molecular complexity index is 244. The molecule has 0 aromatic rings. The fraction of sp³-hybridized carbons (Fsp3) is 0.947. The third-order valence-corrected chi connectivity index (χ3v) is 4.82. The lowest BCUT2D eigenvalue weighted by molar-refractivity contribution is -0.156. The molecule has 0 aromatic heterocycles. The lowest BCUT2D eigenvalue weighted by Crippen LogP contribution is -2.32. The van der Waals surface area contributed by atoms with E-state index in [1.54, 1.807) is 0 Å². The zero-order valence-electron chi connectivity index (χ0n) is 15.0. The first kappa shape index (κ1) is 20.5. The SMILES string of the molecule is CCCCCCCCCCCC(CC)(CC)C(=O)OCC. The molecular formula is C19H38O2. The van der Waals surface area contributed by atoms with Gasteiger partial charge >= 0.3 is 5.97 Å². The zero-order valence-corrected chi connectivity index (χ0v) is 15.0. The molecule has 0 N–H and O–H groups in total. The fourth-order valence-electron chi connectivity index (χ4n) is 3.05. The maximum absolute atomic E-state index is 12.2. The standard InChI is InChI=1S/C19H38O2/c1-5-9-10-11-12-13-14-15-16-17-19(6-2,7-3)18(20)21-8-4/h5-17H2,1-4H3. The number of unbranched alkanes of at least 4 members (excludes halogenated alkanes) is 8. The molecule has 0 fully saturated rings. The van der Waals surface area contributed by atoms with Gasteiger partial charge in [0.2, 0.25) is 0 Å². The van der Waals surface area contributed by atoms with Crippen LogP contribution in [0.5, 0.6) is 0 Å². The minimum Gasteiger partial charge on any atom is -0.466 e. The van der Waals surface area contributed by atoms with E-state index >= 15 is 0 Å². The van der Waals surface area contributed by atoms with Crippen LogP contribution in [0.1, 0.15) is 105 Å². The van der Waals surface area contributed by atoms with Gasteiger partial charge in [-0.2, -0.15) is 0 Å². The molecule has 0 amide bonds. The van der Waals surface area contributed by atoms with Crippen molar-refractivity contribution >= 4 is 5.97 Å². The van der Waals surface area contributed by atoms with E-state index in [1.807, 2.05) is 6.92 Å². The summed E-state index contributed by atoms with van der Waals surface area (Å²) in [6.45, 7) is 8.89. The van der Waals surface area contributed by atoms with Crippen molar-refractivity contribution in [2.24, 2.45) is 5.41 Å². The lowest BCUT2D eigenvalue weighted by Gasteiger charge is -2.29. The Morgan fingerprint density at radius 2 is 1.24 bits per heavy atom. The molecular weight excluding hydrogens is 260 g/mol. The Hall–Kier alpha value is -0.530. The highest BCUT2D eigenvalue weighted by Crippen LogP contribution is 2.34. The highest BCUT2D eigenvalue weighted by atomic mass is 16.5. The molecule has 0 radical (unpaired) electrons. The average molecular weight is 299 g/mol. The molecule has 0 unspecified atom stereocenters. The summed E-state index contributed by atoms with van der Waals surface area (Å²) in [5, 5.41) is 0. The summed E-state index contributed by atoms with van der Waals surface area (Å²) < 4.78 is 5.28. The quantitative estimate of drug-likeness (QED) is 0.279. The fourth-order valence-corrected chi connectivity index (χ4v) is 3.05. The Kier molecular flexibility index (Phi) is 12.8. The van der Waals surface area contributed by atoms with Gasteiger partial charge < -0.3 is 4.74 Å². The van der Waals surface area contributed by atoms with E-state index in [9.17, 15) is 4.79 Å². The molecule has 0 aliphatic carbocycles. The predicted octanol–water partition coefficient (Wildman–Crippen LogP) is 6.28. The maximum Gasteiger partial charge on any atom is 0.312 e. The van der Waals surface area contributed by atoms with Crippen LogP contribution in [0, 0.1) is 5.41 Å². The van der Waals surface area contributed by atoms with Crippen molar-refractivity contribution in [3.05, 3.63) is 0 Å². The van der Waals surface area contributed by atoms with Gasteiger partial charge in [-0.15, -0.1) is 0 Å². The van der Waals surface area contributed by atoms with E-state index < -0.39 is 0 Å². The van der Waals surface area contributed by atoms with Gasteiger partial charge in [-0.1, -0.05) is 78.6 Å². The van der Waals surface area contributed by atoms with Crippen molar-refractivity contribution in [1.29, 1.82) is 0 Å². The van der Waals surface area contributed by atoms with E-state index in [0.29, 0.717) is 6.61 Å². The summed E-state index contributed by atoms with van der Waals surface area (Å²) in [6, 6.07) is 0. The molecule has 0 saturated carbocycles. The highest BCUT2D eigenvalue weighted by molar-refractivity contribution is 5.76. The molecule has 0 atom stereocenters. The summed E-state index contributed by atoms with van der Waals surface area (Å²) in [4.78, 5) is 12.2. The molecule has 0 rings (SSSR count). The van der Waals surface area contributed by atoms with Crippen LogP contribution < -0.4 is 0 Å². The molecule has 0 bridgehead atoms. The van der Waals surface area contributed by atoms with Gasteiger partial charge in [0.1, 0.15) is 0 Å². The van der Waals surface area contributed by atoms with Crippen molar-refractivity contribution in [3.8, 4) is 0 Å². The minimum absolute atomic E-state index is 0.0227. The number of hydrogen-bond acceptors (Lipinski definition) is 2. The van der Waals surface area contributed by atoms with Crippen LogP contribution in [0.4, 0.5) is 0 Å². The summed E-state index contributed by atoms with van der Waals surface area (Å²) in [5.74, 6) is 0.0227. The Morgan fingerprint density at radius 3 is 1.67 bits per heavy atom. The summed E-state index contributed by atoms with van der Waals surface area (Å²) in [7, 11) is 0. The molecule has 0 spiro atoms. The summed E-state index contributed by atoms with van der Waals surface area (Å²) in [5.41, 5.74) is -0.225. The van der Waals surface area contributed by atoms with Crippen LogP contribution in [0.3, 0.4) is 0 Å². The van der Waals surface area contributed by atoms with E-state index in [1.165, 1.54) is 51.4 Å². The first-order chi connectivity index (χ1) is 10.2. The average Bonchev–Trinajstić information content (AvgIpc) is 2.50. The van der Waals surface area contributed by atoms with Crippen molar-refractivity contribution in [3.63, 3.8) is 0 Å². The van der Waals surface area contributed by atoms with Gasteiger partial charge in [-0.05, 0) is 26.2 Å². The van der Waals surface area contributed by atoms with Crippen LogP contribution in [-0.2, 0) is 9.53 Å². The van der Waals surface area contributed by atoms with Crippen LogP contribution in [0.25, 0.3) is 0 Å². The number of ether oxygens (including phenoxy) is 1. The smallest absolute Gasteiger partial charge is 0.312 e. The van der Waals surface area contributed by atoms with Gasteiger partial charge in [0.05, 0.1) is 12.0 Å². The van der Waals surface area contributed by atoms with E-state index in [0.717, 1.165) is 25.7 Å². The van der Waals surface area contributed by atoms with Crippen LogP contribution >= 0.6 is 0 Å². The monoisotopic (exact) mass is 298 g/mol. The Labute approximate surface area is 133 Å². The van der Waals surface area contributed by atoms with Crippen LogP contribution in [0.15, 0.2) is 0 Å². The lowest BCUT2D eigenvalue weighted by atomic mass is 9.77. The van der Waals surface area contributed by atoms with E-state index in [-0.39, 0.29) is 11.4 Å². The van der Waals surface area contributed by atoms with Gasteiger partial charge in [-0.25, -0.2) is 0 Å². The molecule has 0 aromatic carbocycles. The summed E-state index contributed by atoms with van der Waals surface area (Å²) in [6.07, 6.45) is 14.8. The second-order valence-corrected chi connectivity index (χ2v) is 6.29. The molecule has 0 saturated heterocycles. The number of carbonyl (C=O) groups is 1. The van der Waals surface area contributed by atoms with Crippen molar-refractivity contribution < 1.29 is 9.53 Å². The molecule has 0 aliphatic rings. The second-order valence-electron chi connectivity index (χ2n) is 6.29. The Balaban J connectivity index is 3.82. The van der Waals surface area contributed by atoms with Gasteiger partial charge in [0.25, 0.3) is 0 Å². The van der Waals surface area contributed by atoms with Crippen molar-refractivity contribution in [2.45, 2.75) is 105 Å². The normalized spacial score (nSPS) is 11.6. The second kappa shape index (κ2) is 13.2. The van der Waals surface area contributed by atoms with E-state index in [4.69, 9.17) is 4.74 Å². The molecule has 2 heteroatoms. The van der Waals surface area contributed by atoms with Gasteiger partial charge in [0, 0.05) is 0 Å². The van der Waals surface area contributed by atoms with Gasteiger partial charge in [0.15, 0.2) is 0 Å². The first-order valence-corrected chi connectivity index (χ1v) is 9.34. The van der Waals surface area contributed by atoms with Crippen LogP contribution in [0.2, 0.25) is 0 Å². The molecule has 0 heterocycles. The largest absolute Gasteiger partial charge is 0.466 e. The van der Waals surface area contributed by atoms with E-state index in [2.05, 4.69) is 20.8 Å². The zero-order chi connectivity index (χ0) is 16.0. The Morgan fingerprint density at radius 1 is 0.762 bits per heavy atom. The highest BCUT2D eigenvalue weighted by Gasteiger charge is 2.35. The molecule has 0 aliphatic heterocycles.